The number of hydrogen-bond donors (Lipinski definition) is 4. The Morgan fingerprint density at radius 2 is 2.24 bits per heavy atom. The molecule has 0 aliphatic carbocycles. The van der Waals surface area contributed by atoms with E-state index < -0.39 is 12.6 Å². The third kappa shape index (κ3) is 3.33. The molecule has 0 saturated carbocycles. The Kier molecular flexibility index (Phi) is 4.30. The quantitative estimate of drug-likeness (QED) is 0.372. The third-order valence-electron chi connectivity index (χ3n) is 1.97. The first-order valence-electron chi connectivity index (χ1n) is 4.59. The van der Waals surface area contributed by atoms with E-state index in [0.717, 1.165) is 0 Å². The van der Waals surface area contributed by atoms with Gasteiger partial charge >= 0.3 is 5.97 Å². The zero-order valence-corrected chi connectivity index (χ0v) is 9.71. The zero-order chi connectivity index (χ0) is 13.0. The smallest absolute Gasteiger partial charge is 0.341 e. The van der Waals surface area contributed by atoms with Gasteiger partial charge in [-0.1, -0.05) is 11.6 Å². The fourth-order valence-electron chi connectivity index (χ4n) is 1.26. The highest BCUT2D eigenvalue weighted by molar-refractivity contribution is 6.32. The molecule has 1 aromatic carbocycles. The lowest BCUT2D eigenvalue weighted by atomic mass is 10.1. The summed E-state index contributed by atoms with van der Waals surface area (Å²) in [5.41, 5.74) is 2.65. The number of carboxylic acids is 1. The van der Waals surface area contributed by atoms with Gasteiger partial charge in [0.2, 0.25) is 0 Å². The van der Waals surface area contributed by atoms with Crippen molar-refractivity contribution < 1.29 is 19.8 Å². The molecule has 0 heterocycles. The SMILES string of the molecule is Cc1cc(C(=N)NO)cc(Cl)c1OCC(=O)O. The van der Waals surface area contributed by atoms with E-state index in [0.29, 0.717) is 11.1 Å². The molecule has 6 nitrogen and oxygen atoms in total. The van der Waals surface area contributed by atoms with Gasteiger partial charge in [0.1, 0.15) is 11.6 Å². The van der Waals surface area contributed by atoms with Crippen molar-refractivity contribution in [3.8, 4) is 5.75 Å². The maximum atomic E-state index is 10.4. The number of aliphatic carboxylic acids is 1. The molecule has 1 rings (SSSR count). The largest absolute Gasteiger partial charge is 0.480 e. The van der Waals surface area contributed by atoms with Crippen molar-refractivity contribution in [2.75, 3.05) is 6.61 Å². The van der Waals surface area contributed by atoms with E-state index in [1.54, 1.807) is 18.5 Å². The molecule has 0 aliphatic heterocycles. The lowest BCUT2D eigenvalue weighted by molar-refractivity contribution is -0.139. The molecule has 4 N–H and O–H groups in total. The van der Waals surface area contributed by atoms with Gasteiger partial charge in [-0.3, -0.25) is 16.1 Å². The molecule has 17 heavy (non-hydrogen) atoms. The van der Waals surface area contributed by atoms with E-state index in [2.05, 4.69) is 0 Å². The second-order valence-electron chi connectivity index (χ2n) is 3.27. The molecule has 0 aliphatic rings. The third-order valence-corrected chi connectivity index (χ3v) is 2.25. The number of benzene rings is 1. The van der Waals surface area contributed by atoms with Crippen molar-refractivity contribution in [1.29, 1.82) is 5.41 Å². The number of rotatable bonds is 4. The Morgan fingerprint density at radius 3 is 2.71 bits per heavy atom. The van der Waals surface area contributed by atoms with E-state index in [9.17, 15) is 4.79 Å². The van der Waals surface area contributed by atoms with E-state index in [4.69, 9.17) is 32.1 Å². The van der Waals surface area contributed by atoms with Gasteiger partial charge in [-0.05, 0) is 24.6 Å². The predicted octanol–water partition coefficient (Wildman–Crippen LogP) is 1.42. The zero-order valence-electron chi connectivity index (χ0n) is 8.95. The predicted molar refractivity (Wildman–Crippen MR) is 61.1 cm³/mol. The van der Waals surface area contributed by atoms with E-state index >= 15 is 0 Å². The minimum Gasteiger partial charge on any atom is -0.480 e. The molecule has 0 amide bonds. The van der Waals surface area contributed by atoms with Crippen LogP contribution in [-0.4, -0.2) is 28.7 Å². The Balaban J connectivity index is 3.02. The van der Waals surface area contributed by atoms with Crippen LogP contribution in [0.5, 0.6) is 5.75 Å². The topological polar surface area (TPSA) is 103 Å². The molecular formula is C10H11ClN2O4. The van der Waals surface area contributed by atoms with E-state index in [1.165, 1.54) is 6.07 Å². The first-order valence-corrected chi connectivity index (χ1v) is 4.97. The van der Waals surface area contributed by atoms with Gasteiger partial charge in [0.05, 0.1) is 5.02 Å². The number of amidine groups is 1. The maximum absolute atomic E-state index is 10.4. The summed E-state index contributed by atoms with van der Waals surface area (Å²) in [6, 6.07) is 2.95. The van der Waals surface area contributed by atoms with Crippen molar-refractivity contribution in [2.45, 2.75) is 6.92 Å². The Hall–Kier alpha value is -1.79. The summed E-state index contributed by atoms with van der Waals surface area (Å²) in [6.07, 6.45) is 0. The van der Waals surface area contributed by atoms with Crippen LogP contribution in [0, 0.1) is 12.3 Å². The van der Waals surface area contributed by atoms with Crippen LogP contribution in [0.15, 0.2) is 12.1 Å². The average molecular weight is 259 g/mol. The molecule has 0 aromatic heterocycles. The average Bonchev–Trinajstić information content (AvgIpc) is 2.26. The molecule has 0 bridgehead atoms. The molecule has 7 heteroatoms. The van der Waals surface area contributed by atoms with Crippen molar-refractivity contribution in [3.63, 3.8) is 0 Å². The summed E-state index contributed by atoms with van der Waals surface area (Å²) in [4.78, 5) is 10.4. The molecule has 0 spiro atoms. The minimum absolute atomic E-state index is 0.182. The molecule has 92 valence electrons. The number of hydrogen-bond acceptors (Lipinski definition) is 4. The number of hydroxylamine groups is 1. The van der Waals surface area contributed by atoms with Gasteiger partial charge in [0, 0.05) is 5.56 Å². The Bertz CT molecular complexity index is 439. The summed E-state index contributed by atoms with van der Waals surface area (Å²) in [5.74, 6) is -1.06. The summed E-state index contributed by atoms with van der Waals surface area (Å²) >= 11 is 5.90. The highest BCUT2D eigenvalue weighted by Crippen LogP contribution is 2.29. The van der Waals surface area contributed by atoms with Gasteiger partial charge in [-0.15, -0.1) is 0 Å². The minimum atomic E-state index is -1.10. The lowest BCUT2D eigenvalue weighted by Crippen LogP contribution is -2.19. The van der Waals surface area contributed by atoms with E-state index in [1.807, 2.05) is 0 Å². The molecule has 0 fully saturated rings. The normalized spacial score (nSPS) is 9.82. The first-order chi connectivity index (χ1) is 7.95. The fraction of sp³-hybridized carbons (Fsp3) is 0.200. The van der Waals surface area contributed by atoms with Crippen molar-refractivity contribution >= 4 is 23.4 Å². The van der Waals surface area contributed by atoms with Gasteiger partial charge in [0.15, 0.2) is 6.61 Å². The Labute approximate surface area is 102 Å². The number of carboxylic acid groups (broad SMARTS) is 1. The van der Waals surface area contributed by atoms with Gasteiger partial charge in [-0.25, -0.2) is 4.79 Å². The molecule has 0 radical (unpaired) electrons. The summed E-state index contributed by atoms with van der Waals surface area (Å²) in [6.45, 7) is 1.17. The lowest BCUT2D eigenvalue weighted by Gasteiger charge is -2.11. The number of carbonyl (C=O) groups is 1. The molecule has 0 atom stereocenters. The molecule has 0 saturated heterocycles. The monoisotopic (exact) mass is 258 g/mol. The van der Waals surface area contributed by atoms with Crippen LogP contribution >= 0.6 is 11.6 Å². The van der Waals surface area contributed by atoms with Crippen molar-refractivity contribution in [2.24, 2.45) is 0 Å². The van der Waals surface area contributed by atoms with Gasteiger partial charge in [0.25, 0.3) is 0 Å². The van der Waals surface area contributed by atoms with Crippen molar-refractivity contribution in [1.82, 2.24) is 5.48 Å². The highest BCUT2D eigenvalue weighted by Gasteiger charge is 2.11. The molecule has 0 unspecified atom stereocenters. The van der Waals surface area contributed by atoms with Crippen LogP contribution in [0.1, 0.15) is 11.1 Å². The van der Waals surface area contributed by atoms with E-state index in [-0.39, 0.29) is 16.6 Å². The van der Waals surface area contributed by atoms with Crippen LogP contribution in [0.25, 0.3) is 0 Å². The van der Waals surface area contributed by atoms with Crippen LogP contribution in [0.3, 0.4) is 0 Å². The Morgan fingerprint density at radius 1 is 1.59 bits per heavy atom. The van der Waals surface area contributed by atoms with Crippen LogP contribution in [0.2, 0.25) is 5.02 Å². The number of nitrogens with one attached hydrogen (secondary N) is 2. The van der Waals surface area contributed by atoms with Gasteiger partial charge < -0.3 is 9.84 Å². The van der Waals surface area contributed by atoms with Crippen LogP contribution in [-0.2, 0) is 4.79 Å². The second-order valence-corrected chi connectivity index (χ2v) is 3.68. The number of aryl methyl sites for hydroxylation is 1. The second kappa shape index (κ2) is 5.51. The van der Waals surface area contributed by atoms with Crippen LogP contribution < -0.4 is 10.2 Å². The summed E-state index contributed by atoms with van der Waals surface area (Å²) in [5, 5.41) is 24.6. The highest BCUT2D eigenvalue weighted by atomic mass is 35.5. The van der Waals surface area contributed by atoms with Crippen LogP contribution in [0.4, 0.5) is 0 Å². The summed E-state index contributed by atoms with van der Waals surface area (Å²) in [7, 11) is 0. The standard InChI is InChI=1S/C10H11ClN2O4/c1-5-2-6(10(12)13-16)3-7(11)9(5)17-4-8(14)15/h2-3,16H,4H2,1H3,(H2,12,13)(H,14,15). The molecular weight excluding hydrogens is 248 g/mol. The van der Waals surface area contributed by atoms with Gasteiger partial charge in [-0.2, -0.15) is 0 Å². The number of halogens is 1. The summed E-state index contributed by atoms with van der Waals surface area (Å²) < 4.78 is 5.01. The first kappa shape index (κ1) is 13.3. The van der Waals surface area contributed by atoms with Crippen molar-refractivity contribution in [3.05, 3.63) is 28.3 Å². The fourth-order valence-corrected chi connectivity index (χ4v) is 1.58. The molecule has 1 aromatic rings. The maximum Gasteiger partial charge on any atom is 0.341 e. The number of ether oxygens (including phenoxy) is 1.